The summed E-state index contributed by atoms with van der Waals surface area (Å²) in [5.74, 6) is 0.116. The number of hydrogen-bond donors (Lipinski definition) is 1. The van der Waals surface area contributed by atoms with Crippen molar-refractivity contribution in [3.63, 3.8) is 0 Å². The highest BCUT2D eigenvalue weighted by atomic mass is 35.5. The fourth-order valence-electron chi connectivity index (χ4n) is 2.71. The van der Waals surface area contributed by atoms with Gasteiger partial charge in [-0.15, -0.1) is 0 Å². The lowest BCUT2D eigenvalue weighted by Crippen LogP contribution is -2.12. The molecular formula is C20H15ClN4O2. The summed E-state index contributed by atoms with van der Waals surface area (Å²) in [6.45, 7) is 1.96. The second kappa shape index (κ2) is 7.09. The molecular weight excluding hydrogens is 364 g/mol. The summed E-state index contributed by atoms with van der Waals surface area (Å²) in [6, 6.07) is 18.1. The maximum Gasteiger partial charge on any atom is 0.277 e. The summed E-state index contributed by atoms with van der Waals surface area (Å²) in [6.07, 6.45) is 1.73. The fourth-order valence-corrected chi connectivity index (χ4v) is 2.90. The van der Waals surface area contributed by atoms with E-state index < -0.39 is 0 Å². The number of anilines is 1. The minimum atomic E-state index is -0.360. The number of benzene rings is 2. The molecule has 0 unspecified atom stereocenters. The Morgan fingerprint density at radius 3 is 2.74 bits per heavy atom. The molecule has 0 fully saturated rings. The number of halogens is 1. The number of carbonyl (C=O) groups is 1. The van der Waals surface area contributed by atoms with Crippen molar-refractivity contribution in [1.29, 1.82) is 0 Å². The third-order valence-corrected chi connectivity index (χ3v) is 4.27. The molecule has 2 aromatic carbocycles. The SMILES string of the molecule is Cc1ccnn1-c1cccc(NC(=O)c2cc(-c3cccc(Cl)c3)on2)c1. The zero-order chi connectivity index (χ0) is 18.8. The molecule has 0 saturated heterocycles. The van der Waals surface area contributed by atoms with Crippen molar-refractivity contribution >= 4 is 23.2 Å². The van der Waals surface area contributed by atoms with Gasteiger partial charge in [-0.3, -0.25) is 4.79 Å². The number of aromatic nitrogens is 3. The monoisotopic (exact) mass is 378 g/mol. The van der Waals surface area contributed by atoms with E-state index in [2.05, 4.69) is 15.6 Å². The maximum atomic E-state index is 12.5. The Kier molecular flexibility index (Phi) is 4.48. The van der Waals surface area contributed by atoms with E-state index in [0.717, 1.165) is 16.9 Å². The molecule has 134 valence electrons. The van der Waals surface area contributed by atoms with Crippen LogP contribution < -0.4 is 5.32 Å². The van der Waals surface area contributed by atoms with E-state index in [9.17, 15) is 4.79 Å². The molecule has 4 rings (SSSR count). The Labute approximate surface area is 160 Å². The summed E-state index contributed by atoms with van der Waals surface area (Å²) in [7, 11) is 0. The topological polar surface area (TPSA) is 73.0 Å². The van der Waals surface area contributed by atoms with Crippen molar-refractivity contribution in [2.24, 2.45) is 0 Å². The Hall–Kier alpha value is -3.38. The molecule has 2 aromatic heterocycles. The standard InChI is InChI=1S/C20H15ClN4O2/c1-13-8-9-22-25(13)17-7-3-6-16(11-17)23-20(26)18-12-19(27-24-18)14-4-2-5-15(21)10-14/h2-12H,1H3,(H,23,26). The first-order valence-corrected chi connectivity index (χ1v) is 8.63. The van der Waals surface area contributed by atoms with Gasteiger partial charge < -0.3 is 9.84 Å². The minimum absolute atomic E-state index is 0.186. The Balaban J connectivity index is 1.54. The minimum Gasteiger partial charge on any atom is -0.355 e. The van der Waals surface area contributed by atoms with Crippen molar-refractivity contribution in [1.82, 2.24) is 14.9 Å². The number of amides is 1. The highest BCUT2D eigenvalue weighted by Gasteiger charge is 2.14. The van der Waals surface area contributed by atoms with Gasteiger partial charge in [0, 0.05) is 34.2 Å². The first-order valence-electron chi connectivity index (χ1n) is 8.25. The molecule has 0 atom stereocenters. The lowest BCUT2D eigenvalue weighted by Gasteiger charge is -2.07. The van der Waals surface area contributed by atoms with E-state index >= 15 is 0 Å². The predicted octanol–water partition coefficient (Wildman–Crippen LogP) is 4.74. The van der Waals surface area contributed by atoms with Gasteiger partial charge in [-0.1, -0.05) is 35.0 Å². The van der Waals surface area contributed by atoms with Crippen LogP contribution in [-0.4, -0.2) is 20.8 Å². The number of hydrogen-bond acceptors (Lipinski definition) is 4. The average Bonchev–Trinajstić information content (AvgIpc) is 3.31. The van der Waals surface area contributed by atoms with Crippen LogP contribution in [0.3, 0.4) is 0 Å². The van der Waals surface area contributed by atoms with Crippen molar-refractivity contribution in [2.45, 2.75) is 6.92 Å². The molecule has 0 aliphatic heterocycles. The zero-order valence-electron chi connectivity index (χ0n) is 14.4. The van der Waals surface area contributed by atoms with E-state index in [0.29, 0.717) is 16.5 Å². The third-order valence-electron chi connectivity index (χ3n) is 4.03. The summed E-state index contributed by atoms with van der Waals surface area (Å²) < 4.78 is 7.07. The molecule has 1 N–H and O–H groups in total. The Morgan fingerprint density at radius 2 is 1.96 bits per heavy atom. The third kappa shape index (κ3) is 3.61. The van der Waals surface area contributed by atoms with Crippen LogP contribution in [0.5, 0.6) is 0 Å². The normalized spacial score (nSPS) is 10.7. The maximum absolute atomic E-state index is 12.5. The lowest BCUT2D eigenvalue weighted by molar-refractivity contribution is 0.101. The van der Waals surface area contributed by atoms with Crippen LogP contribution in [0.1, 0.15) is 16.2 Å². The molecule has 4 aromatic rings. The molecule has 0 aliphatic carbocycles. The summed E-state index contributed by atoms with van der Waals surface area (Å²) in [5.41, 5.74) is 3.44. The van der Waals surface area contributed by atoms with E-state index in [-0.39, 0.29) is 11.6 Å². The predicted molar refractivity (Wildman–Crippen MR) is 103 cm³/mol. The van der Waals surface area contributed by atoms with Crippen molar-refractivity contribution in [3.8, 4) is 17.0 Å². The Morgan fingerprint density at radius 1 is 1.11 bits per heavy atom. The molecule has 0 spiro atoms. The van der Waals surface area contributed by atoms with Gasteiger partial charge >= 0.3 is 0 Å². The van der Waals surface area contributed by atoms with Gasteiger partial charge in [-0.05, 0) is 43.3 Å². The molecule has 2 heterocycles. The number of carbonyl (C=O) groups excluding carboxylic acids is 1. The van der Waals surface area contributed by atoms with Crippen LogP contribution in [0, 0.1) is 6.92 Å². The van der Waals surface area contributed by atoms with Crippen LogP contribution in [0.4, 0.5) is 5.69 Å². The first kappa shape index (κ1) is 17.1. The first-order chi connectivity index (χ1) is 13.1. The van der Waals surface area contributed by atoms with Crippen LogP contribution in [-0.2, 0) is 0 Å². The Bertz CT molecular complexity index is 1120. The average molecular weight is 379 g/mol. The van der Waals surface area contributed by atoms with Crippen LogP contribution in [0.25, 0.3) is 17.0 Å². The highest BCUT2D eigenvalue weighted by Crippen LogP contribution is 2.24. The lowest BCUT2D eigenvalue weighted by atomic mass is 10.1. The fraction of sp³-hybridized carbons (Fsp3) is 0.0500. The van der Waals surface area contributed by atoms with Gasteiger partial charge in [-0.2, -0.15) is 5.10 Å². The van der Waals surface area contributed by atoms with E-state index in [1.807, 2.05) is 43.3 Å². The molecule has 6 nitrogen and oxygen atoms in total. The number of nitrogens with one attached hydrogen (secondary N) is 1. The van der Waals surface area contributed by atoms with Gasteiger partial charge in [0.25, 0.3) is 5.91 Å². The van der Waals surface area contributed by atoms with Crippen LogP contribution in [0.2, 0.25) is 5.02 Å². The smallest absolute Gasteiger partial charge is 0.277 e. The van der Waals surface area contributed by atoms with Crippen molar-refractivity contribution in [3.05, 3.63) is 83.3 Å². The van der Waals surface area contributed by atoms with Gasteiger partial charge in [0.15, 0.2) is 11.5 Å². The molecule has 0 radical (unpaired) electrons. The van der Waals surface area contributed by atoms with Gasteiger partial charge in [0.1, 0.15) is 0 Å². The van der Waals surface area contributed by atoms with Gasteiger partial charge in [-0.25, -0.2) is 4.68 Å². The van der Waals surface area contributed by atoms with Gasteiger partial charge in [0.2, 0.25) is 0 Å². The molecule has 7 heteroatoms. The number of aryl methyl sites for hydroxylation is 1. The van der Waals surface area contributed by atoms with E-state index in [1.165, 1.54) is 0 Å². The number of nitrogens with zero attached hydrogens (tertiary/aromatic N) is 3. The zero-order valence-corrected chi connectivity index (χ0v) is 15.1. The van der Waals surface area contributed by atoms with Crippen molar-refractivity contribution < 1.29 is 9.32 Å². The number of rotatable bonds is 4. The molecule has 27 heavy (non-hydrogen) atoms. The summed E-state index contributed by atoms with van der Waals surface area (Å²) in [5, 5.41) is 11.5. The highest BCUT2D eigenvalue weighted by molar-refractivity contribution is 6.30. The second-order valence-electron chi connectivity index (χ2n) is 5.98. The quantitative estimate of drug-likeness (QED) is 0.556. The van der Waals surface area contributed by atoms with Crippen molar-refractivity contribution in [2.75, 3.05) is 5.32 Å². The van der Waals surface area contributed by atoms with E-state index in [1.54, 1.807) is 35.1 Å². The molecule has 1 amide bonds. The van der Waals surface area contributed by atoms with Gasteiger partial charge in [0.05, 0.1) is 5.69 Å². The second-order valence-corrected chi connectivity index (χ2v) is 6.41. The van der Waals surface area contributed by atoms with Crippen LogP contribution >= 0.6 is 11.6 Å². The largest absolute Gasteiger partial charge is 0.355 e. The summed E-state index contributed by atoms with van der Waals surface area (Å²) >= 11 is 5.99. The van der Waals surface area contributed by atoms with Crippen LogP contribution in [0.15, 0.2) is 71.4 Å². The molecule has 0 bridgehead atoms. The summed E-state index contributed by atoms with van der Waals surface area (Å²) in [4.78, 5) is 12.5. The molecule has 0 saturated carbocycles. The van der Waals surface area contributed by atoms with E-state index in [4.69, 9.17) is 16.1 Å². The molecule has 0 aliphatic rings.